The van der Waals surface area contributed by atoms with E-state index in [4.69, 9.17) is 0 Å². The molecule has 0 unspecified atom stereocenters. The van der Waals surface area contributed by atoms with Crippen molar-refractivity contribution < 1.29 is 13.7 Å². The fourth-order valence-corrected chi connectivity index (χ4v) is 2.06. The Morgan fingerprint density at radius 3 is 2.64 bits per heavy atom. The molecule has 0 spiro atoms. The van der Waals surface area contributed by atoms with Crippen LogP contribution in [-0.4, -0.2) is 4.92 Å². The summed E-state index contributed by atoms with van der Waals surface area (Å²) < 4.78 is 26.3. The van der Waals surface area contributed by atoms with Crippen LogP contribution < -0.4 is 0 Å². The molecule has 2 rings (SSSR count). The van der Waals surface area contributed by atoms with Gasteiger partial charge in [0, 0.05) is 5.39 Å². The number of hydrogen-bond acceptors (Lipinski definition) is 3. The predicted octanol–water partition coefficient (Wildman–Crippen LogP) is 3.09. The van der Waals surface area contributed by atoms with Gasteiger partial charge in [0.1, 0.15) is 5.82 Å². The van der Waals surface area contributed by atoms with Gasteiger partial charge in [0.2, 0.25) is 5.82 Å². The molecule has 3 nitrogen and oxygen atoms in total. The van der Waals surface area contributed by atoms with E-state index in [1.165, 1.54) is 12.1 Å². The summed E-state index contributed by atoms with van der Waals surface area (Å²) in [5.74, 6) is -1.60. The monoisotopic (exact) mass is 215 g/mol. The summed E-state index contributed by atoms with van der Waals surface area (Å²) in [6.45, 7) is 0. The highest BCUT2D eigenvalue weighted by molar-refractivity contribution is 7.22. The lowest BCUT2D eigenvalue weighted by molar-refractivity contribution is -0.382. The quantitative estimate of drug-likeness (QED) is 0.542. The molecular weight excluding hydrogens is 212 g/mol. The number of thiophene rings is 1. The highest BCUT2D eigenvalue weighted by Gasteiger charge is 2.22. The topological polar surface area (TPSA) is 43.1 Å². The number of nitrogens with zero attached hydrogens (tertiary/aromatic N) is 1. The highest BCUT2D eigenvalue weighted by Crippen LogP contribution is 2.36. The van der Waals surface area contributed by atoms with Crippen molar-refractivity contribution in [2.45, 2.75) is 0 Å². The summed E-state index contributed by atoms with van der Waals surface area (Å²) >= 11 is 0.510. The zero-order valence-corrected chi connectivity index (χ0v) is 7.48. The summed E-state index contributed by atoms with van der Waals surface area (Å²) in [6, 6.07) is 3.77. The van der Waals surface area contributed by atoms with Gasteiger partial charge in [-0.1, -0.05) is 23.5 Å². The van der Waals surface area contributed by atoms with E-state index < -0.39 is 21.6 Å². The van der Waals surface area contributed by atoms with Crippen molar-refractivity contribution in [1.29, 1.82) is 0 Å². The zero-order chi connectivity index (χ0) is 10.3. The van der Waals surface area contributed by atoms with Crippen LogP contribution in [0.3, 0.4) is 0 Å². The number of hydrogen-bond donors (Lipinski definition) is 0. The van der Waals surface area contributed by atoms with Crippen LogP contribution in [0, 0.1) is 21.7 Å². The van der Waals surface area contributed by atoms with Crippen LogP contribution in [0.1, 0.15) is 0 Å². The Balaban J connectivity index is 2.86. The van der Waals surface area contributed by atoms with E-state index >= 15 is 0 Å². The molecule has 0 saturated heterocycles. The largest absolute Gasteiger partial charge is 0.360 e. The molecule has 1 heterocycles. The van der Waals surface area contributed by atoms with Crippen molar-refractivity contribution in [2.75, 3.05) is 0 Å². The van der Waals surface area contributed by atoms with Gasteiger partial charge in [0.05, 0.1) is 9.62 Å². The van der Waals surface area contributed by atoms with Crippen molar-refractivity contribution in [2.24, 2.45) is 0 Å². The van der Waals surface area contributed by atoms with Gasteiger partial charge < -0.3 is 0 Å². The van der Waals surface area contributed by atoms with Gasteiger partial charge in [-0.05, 0) is 6.07 Å². The van der Waals surface area contributed by atoms with Gasteiger partial charge in [0.25, 0.3) is 0 Å². The van der Waals surface area contributed by atoms with E-state index in [0.717, 1.165) is 6.07 Å². The Morgan fingerprint density at radius 2 is 2.07 bits per heavy atom. The predicted molar refractivity (Wildman–Crippen MR) is 48.4 cm³/mol. The molecule has 0 aliphatic rings. The maximum atomic E-state index is 13.3. The minimum absolute atomic E-state index is 0.0169. The fraction of sp³-hybridized carbons (Fsp3) is 0. The first-order valence-electron chi connectivity index (χ1n) is 3.62. The maximum absolute atomic E-state index is 13.3. The van der Waals surface area contributed by atoms with Crippen LogP contribution in [0.25, 0.3) is 10.1 Å². The Morgan fingerprint density at radius 1 is 1.36 bits per heavy atom. The number of rotatable bonds is 1. The van der Waals surface area contributed by atoms with Gasteiger partial charge in [-0.15, -0.1) is 0 Å². The number of halogens is 2. The summed E-state index contributed by atoms with van der Waals surface area (Å²) in [4.78, 5) is 9.51. The molecule has 0 saturated carbocycles. The molecule has 14 heavy (non-hydrogen) atoms. The molecular formula is C8H3F2NO2S. The summed E-state index contributed by atoms with van der Waals surface area (Å²) in [5, 5.41) is 9.67. The van der Waals surface area contributed by atoms with Gasteiger partial charge in [-0.3, -0.25) is 10.1 Å². The summed E-state index contributed by atoms with van der Waals surface area (Å²) in [6.07, 6.45) is 0. The Hall–Kier alpha value is -1.56. The molecule has 6 heteroatoms. The second kappa shape index (κ2) is 2.98. The molecule has 0 aliphatic carbocycles. The number of benzene rings is 1. The van der Waals surface area contributed by atoms with E-state index in [1.807, 2.05) is 0 Å². The molecule has 1 aromatic carbocycles. The molecule has 0 bridgehead atoms. The second-order valence-corrected chi connectivity index (χ2v) is 3.59. The molecule has 0 atom stereocenters. The maximum Gasteiger partial charge on any atom is 0.360 e. The van der Waals surface area contributed by atoms with E-state index in [0.29, 0.717) is 11.3 Å². The minimum atomic E-state index is -0.963. The minimum Gasteiger partial charge on any atom is -0.257 e. The first-order valence-corrected chi connectivity index (χ1v) is 4.44. The van der Waals surface area contributed by atoms with Gasteiger partial charge in [-0.25, -0.2) is 4.39 Å². The van der Waals surface area contributed by atoms with E-state index in [-0.39, 0.29) is 10.1 Å². The van der Waals surface area contributed by atoms with Gasteiger partial charge in [-0.2, -0.15) is 4.39 Å². The standard InChI is InChI=1S/C8H3F2NO2S/c9-5-3-1-2-4-6(10)8(11(12)13)14-7(4)5/h1-3H. The van der Waals surface area contributed by atoms with Crippen LogP contribution >= 0.6 is 11.3 Å². The average Bonchev–Trinajstić information content (AvgIpc) is 2.46. The lowest BCUT2D eigenvalue weighted by atomic mass is 10.2. The molecule has 0 fully saturated rings. The van der Waals surface area contributed by atoms with Crippen molar-refractivity contribution in [1.82, 2.24) is 0 Å². The van der Waals surface area contributed by atoms with Crippen molar-refractivity contribution in [3.05, 3.63) is 39.9 Å². The first-order chi connectivity index (χ1) is 6.61. The normalized spacial score (nSPS) is 10.7. The van der Waals surface area contributed by atoms with E-state index in [9.17, 15) is 18.9 Å². The molecule has 0 aliphatic heterocycles. The Kier molecular flexibility index (Phi) is 1.92. The second-order valence-electron chi connectivity index (χ2n) is 2.59. The lowest BCUT2D eigenvalue weighted by Gasteiger charge is -1.88. The van der Waals surface area contributed by atoms with Crippen LogP contribution in [-0.2, 0) is 0 Å². The first kappa shape index (κ1) is 9.01. The molecule has 0 radical (unpaired) electrons. The zero-order valence-electron chi connectivity index (χ0n) is 6.66. The van der Waals surface area contributed by atoms with Gasteiger partial charge >= 0.3 is 5.00 Å². The van der Waals surface area contributed by atoms with Gasteiger partial charge in [0.15, 0.2) is 0 Å². The van der Waals surface area contributed by atoms with Crippen LogP contribution in [0.5, 0.6) is 0 Å². The van der Waals surface area contributed by atoms with Crippen molar-refractivity contribution in [3.63, 3.8) is 0 Å². The molecule has 2 aromatic rings. The number of nitro groups is 1. The SMILES string of the molecule is O=[N+]([O-])c1sc2c(F)cccc2c1F. The molecule has 1 aromatic heterocycles. The highest BCUT2D eigenvalue weighted by atomic mass is 32.1. The molecule has 0 N–H and O–H groups in total. The fourth-order valence-electron chi connectivity index (χ4n) is 1.16. The molecule has 72 valence electrons. The van der Waals surface area contributed by atoms with Crippen LogP contribution in [0.2, 0.25) is 0 Å². The van der Waals surface area contributed by atoms with Crippen LogP contribution in [0.4, 0.5) is 13.8 Å². The Labute approximate surface area is 80.7 Å². The summed E-state index contributed by atoms with van der Waals surface area (Å²) in [7, 11) is 0. The van der Waals surface area contributed by atoms with Crippen molar-refractivity contribution in [3.8, 4) is 0 Å². The van der Waals surface area contributed by atoms with Crippen LogP contribution in [0.15, 0.2) is 18.2 Å². The Bertz CT molecular complexity index is 523. The smallest absolute Gasteiger partial charge is 0.257 e. The third kappa shape index (κ3) is 1.15. The average molecular weight is 215 g/mol. The van der Waals surface area contributed by atoms with E-state index in [2.05, 4.69) is 0 Å². The third-order valence-electron chi connectivity index (χ3n) is 1.76. The van der Waals surface area contributed by atoms with Crippen molar-refractivity contribution >= 4 is 26.4 Å². The lowest BCUT2D eigenvalue weighted by Crippen LogP contribution is -1.85. The summed E-state index contributed by atoms with van der Waals surface area (Å²) in [5.41, 5.74) is 0. The third-order valence-corrected chi connectivity index (χ3v) is 2.90. The van der Waals surface area contributed by atoms with E-state index in [1.54, 1.807) is 0 Å². The number of fused-ring (bicyclic) bond motifs is 1. The molecule has 0 amide bonds.